The van der Waals surface area contributed by atoms with Gasteiger partial charge in [-0.1, -0.05) is 38.3 Å². The van der Waals surface area contributed by atoms with Crippen molar-refractivity contribution in [2.75, 3.05) is 20.1 Å². The average molecular weight is 342 g/mol. The normalized spacial score (nSPS) is 15.8. The molecule has 1 N–H and O–H groups in total. The molecule has 1 aromatic heterocycles. The van der Waals surface area contributed by atoms with Gasteiger partial charge in [-0.15, -0.1) is 0 Å². The number of hydrogen-bond acceptors (Lipinski definition) is 3. The van der Waals surface area contributed by atoms with Gasteiger partial charge >= 0.3 is 0 Å². The fourth-order valence-corrected chi connectivity index (χ4v) is 3.85. The Kier molecular flexibility index (Phi) is 6.08. The summed E-state index contributed by atoms with van der Waals surface area (Å²) >= 11 is 0. The number of aromatic nitrogens is 2. The van der Waals surface area contributed by atoms with Gasteiger partial charge in [0.25, 0.3) is 0 Å². The molecule has 1 fully saturated rings. The monoisotopic (exact) mass is 342 g/mol. The summed E-state index contributed by atoms with van der Waals surface area (Å²) in [6.07, 6.45) is 7.48. The van der Waals surface area contributed by atoms with Gasteiger partial charge in [0.2, 0.25) is 5.91 Å². The van der Waals surface area contributed by atoms with E-state index >= 15 is 0 Å². The smallest absolute Gasteiger partial charge is 0.240 e. The summed E-state index contributed by atoms with van der Waals surface area (Å²) in [7, 11) is 2.18. The lowest BCUT2D eigenvalue weighted by atomic mass is 9.94. The van der Waals surface area contributed by atoms with E-state index < -0.39 is 0 Å². The maximum atomic E-state index is 12.4. The summed E-state index contributed by atoms with van der Waals surface area (Å²) < 4.78 is 2.04. The maximum absolute atomic E-state index is 12.4. The highest BCUT2D eigenvalue weighted by atomic mass is 16.1. The van der Waals surface area contributed by atoms with Crippen molar-refractivity contribution in [1.29, 1.82) is 0 Å². The fourth-order valence-electron chi connectivity index (χ4n) is 3.85. The molecule has 1 amide bonds. The van der Waals surface area contributed by atoms with E-state index in [9.17, 15) is 4.79 Å². The van der Waals surface area contributed by atoms with Crippen molar-refractivity contribution < 1.29 is 4.79 Å². The largest absolute Gasteiger partial charge is 0.353 e. The first-order valence-electron chi connectivity index (χ1n) is 9.60. The summed E-state index contributed by atoms with van der Waals surface area (Å²) in [5.41, 5.74) is 2.00. The van der Waals surface area contributed by atoms with Crippen LogP contribution in [0.15, 0.2) is 24.3 Å². The number of para-hydroxylation sites is 2. The van der Waals surface area contributed by atoms with Crippen LogP contribution in [0.5, 0.6) is 0 Å². The fraction of sp³-hybridized carbons (Fsp3) is 0.600. The SMILES string of the molecule is CCc1nc2ccccc2n1CC(=O)NCCN(C)C1CCCCC1. The second kappa shape index (κ2) is 8.48. The predicted octanol–water partition coefficient (Wildman–Crippen LogP) is 2.98. The van der Waals surface area contributed by atoms with Crippen LogP contribution in [0.2, 0.25) is 0 Å². The molecule has 0 spiro atoms. The first kappa shape index (κ1) is 17.9. The molecule has 5 heteroatoms. The Hall–Kier alpha value is -1.88. The van der Waals surface area contributed by atoms with Crippen LogP contribution in [-0.4, -0.2) is 46.5 Å². The number of hydrogen-bond donors (Lipinski definition) is 1. The third kappa shape index (κ3) is 4.40. The summed E-state index contributed by atoms with van der Waals surface area (Å²) in [4.78, 5) is 19.4. The van der Waals surface area contributed by atoms with Gasteiger partial charge in [0.15, 0.2) is 0 Å². The van der Waals surface area contributed by atoms with Crippen molar-refractivity contribution in [2.45, 2.75) is 58.0 Å². The minimum Gasteiger partial charge on any atom is -0.353 e. The van der Waals surface area contributed by atoms with E-state index in [0.717, 1.165) is 29.8 Å². The Bertz CT molecular complexity index is 703. The van der Waals surface area contributed by atoms with E-state index in [1.807, 2.05) is 28.8 Å². The second-order valence-electron chi connectivity index (χ2n) is 7.08. The summed E-state index contributed by atoms with van der Waals surface area (Å²) in [6.45, 7) is 4.05. The van der Waals surface area contributed by atoms with Crippen LogP contribution in [0.25, 0.3) is 11.0 Å². The van der Waals surface area contributed by atoms with Gasteiger partial charge in [0.1, 0.15) is 12.4 Å². The zero-order valence-corrected chi connectivity index (χ0v) is 15.5. The first-order chi connectivity index (χ1) is 12.2. The van der Waals surface area contributed by atoms with E-state index in [0.29, 0.717) is 19.1 Å². The molecule has 0 aliphatic heterocycles. The highest BCUT2D eigenvalue weighted by Gasteiger charge is 2.18. The predicted molar refractivity (Wildman–Crippen MR) is 102 cm³/mol. The Morgan fingerprint density at radius 1 is 1.28 bits per heavy atom. The molecule has 0 unspecified atom stereocenters. The maximum Gasteiger partial charge on any atom is 0.240 e. The highest BCUT2D eigenvalue weighted by molar-refractivity contribution is 5.81. The number of nitrogens with one attached hydrogen (secondary N) is 1. The van der Waals surface area contributed by atoms with Gasteiger partial charge in [-0.3, -0.25) is 4.79 Å². The van der Waals surface area contributed by atoms with Crippen LogP contribution in [0.3, 0.4) is 0 Å². The number of benzene rings is 1. The van der Waals surface area contributed by atoms with E-state index in [2.05, 4.69) is 29.2 Å². The number of nitrogens with zero attached hydrogens (tertiary/aromatic N) is 3. The highest BCUT2D eigenvalue weighted by Crippen LogP contribution is 2.21. The van der Waals surface area contributed by atoms with Crippen molar-refractivity contribution >= 4 is 16.9 Å². The van der Waals surface area contributed by atoms with Crippen molar-refractivity contribution in [2.24, 2.45) is 0 Å². The number of aryl methyl sites for hydroxylation is 1. The van der Waals surface area contributed by atoms with Crippen LogP contribution < -0.4 is 5.32 Å². The number of imidazole rings is 1. The molecule has 1 aromatic carbocycles. The van der Waals surface area contributed by atoms with Gasteiger partial charge in [-0.05, 0) is 32.0 Å². The van der Waals surface area contributed by atoms with Gasteiger partial charge in [0, 0.05) is 25.6 Å². The van der Waals surface area contributed by atoms with Gasteiger partial charge in [0.05, 0.1) is 11.0 Å². The van der Waals surface area contributed by atoms with Gasteiger partial charge in [-0.25, -0.2) is 4.98 Å². The number of amides is 1. The minimum atomic E-state index is 0.0647. The summed E-state index contributed by atoms with van der Waals surface area (Å²) in [5.74, 6) is 1.03. The molecule has 1 aliphatic rings. The van der Waals surface area contributed by atoms with Crippen LogP contribution in [0, 0.1) is 0 Å². The Labute approximate surface area is 150 Å². The molecule has 0 atom stereocenters. The Balaban J connectivity index is 1.52. The van der Waals surface area contributed by atoms with Crippen LogP contribution in [0.1, 0.15) is 44.9 Å². The lowest BCUT2D eigenvalue weighted by Crippen LogP contribution is -2.40. The molecule has 0 bridgehead atoms. The van der Waals surface area contributed by atoms with Crippen molar-refractivity contribution in [1.82, 2.24) is 19.8 Å². The Morgan fingerprint density at radius 3 is 2.80 bits per heavy atom. The molecular weight excluding hydrogens is 312 g/mol. The van der Waals surface area contributed by atoms with E-state index in [4.69, 9.17) is 0 Å². The minimum absolute atomic E-state index is 0.0647. The second-order valence-corrected chi connectivity index (χ2v) is 7.08. The average Bonchev–Trinajstić information content (AvgIpc) is 3.00. The molecule has 25 heavy (non-hydrogen) atoms. The number of carbonyl (C=O) groups is 1. The first-order valence-corrected chi connectivity index (χ1v) is 9.60. The summed E-state index contributed by atoms with van der Waals surface area (Å²) in [6, 6.07) is 8.71. The van der Waals surface area contributed by atoms with Crippen LogP contribution >= 0.6 is 0 Å². The molecule has 1 aliphatic carbocycles. The lowest BCUT2D eigenvalue weighted by Gasteiger charge is -2.31. The molecule has 3 rings (SSSR count). The quantitative estimate of drug-likeness (QED) is 0.841. The van der Waals surface area contributed by atoms with E-state index in [-0.39, 0.29) is 5.91 Å². The molecule has 2 aromatic rings. The Morgan fingerprint density at radius 2 is 2.04 bits per heavy atom. The molecular formula is C20H30N4O. The molecule has 5 nitrogen and oxygen atoms in total. The topological polar surface area (TPSA) is 50.2 Å². The number of fused-ring (bicyclic) bond motifs is 1. The van der Waals surface area contributed by atoms with Crippen LogP contribution in [0.4, 0.5) is 0 Å². The van der Waals surface area contributed by atoms with Gasteiger partial charge < -0.3 is 14.8 Å². The number of likely N-dealkylation sites (N-methyl/N-ethyl adjacent to an activating group) is 1. The van der Waals surface area contributed by atoms with Gasteiger partial charge in [-0.2, -0.15) is 0 Å². The molecule has 0 radical (unpaired) electrons. The van der Waals surface area contributed by atoms with Crippen molar-refractivity contribution in [3.63, 3.8) is 0 Å². The summed E-state index contributed by atoms with van der Waals surface area (Å²) in [5, 5.41) is 3.08. The number of rotatable bonds is 7. The zero-order chi connectivity index (χ0) is 17.6. The van der Waals surface area contributed by atoms with E-state index in [1.54, 1.807) is 0 Å². The molecule has 0 saturated heterocycles. The van der Waals surface area contributed by atoms with E-state index in [1.165, 1.54) is 32.1 Å². The standard InChI is InChI=1S/C20H30N4O/c1-3-19-22-17-11-7-8-12-18(17)24(19)15-20(25)21-13-14-23(2)16-9-5-4-6-10-16/h7-8,11-12,16H,3-6,9-10,13-15H2,1-2H3,(H,21,25). The van der Waals surface area contributed by atoms with Crippen molar-refractivity contribution in [3.8, 4) is 0 Å². The van der Waals surface area contributed by atoms with Crippen LogP contribution in [-0.2, 0) is 17.8 Å². The molecule has 1 saturated carbocycles. The number of carbonyl (C=O) groups excluding carboxylic acids is 1. The lowest BCUT2D eigenvalue weighted by molar-refractivity contribution is -0.121. The molecule has 1 heterocycles. The molecule has 136 valence electrons. The third-order valence-corrected chi connectivity index (χ3v) is 5.34. The third-order valence-electron chi connectivity index (χ3n) is 5.34. The van der Waals surface area contributed by atoms with Crippen molar-refractivity contribution in [3.05, 3.63) is 30.1 Å². The zero-order valence-electron chi connectivity index (χ0n) is 15.5.